The molecule has 1 atom stereocenters. The molecule has 0 aromatic carbocycles. The van der Waals surface area contributed by atoms with Crippen LogP contribution in [0.25, 0.3) is 0 Å². The Bertz CT molecular complexity index is 183. The first kappa shape index (κ1) is 15.0. The van der Waals surface area contributed by atoms with Crippen molar-refractivity contribution in [1.29, 1.82) is 0 Å². The highest BCUT2D eigenvalue weighted by molar-refractivity contribution is 4.75. The van der Waals surface area contributed by atoms with Crippen molar-refractivity contribution < 1.29 is 0 Å². The van der Waals surface area contributed by atoms with E-state index >= 15 is 0 Å². The van der Waals surface area contributed by atoms with Gasteiger partial charge in [-0.1, -0.05) is 27.2 Å². The van der Waals surface area contributed by atoms with Crippen LogP contribution in [0.4, 0.5) is 0 Å². The number of nitrogens with one attached hydrogen (secondary N) is 1. The number of hydrogen-bond acceptors (Lipinski definition) is 2. The molecule has 1 aliphatic rings. The van der Waals surface area contributed by atoms with E-state index in [1.165, 1.54) is 51.7 Å². The van der Waals surface area contributed by atoms with Gasteiger partial charge in [-0.15, -0.1) is 0 Å². The van der Waals surface area contributed by atoms with Gasteiger partial charge in [0.1, 0.15) is 0 Å². The van der Waals surface area contributed by atoms with Crippen molar-refractivity contribution in [2.24, 2.45) is 5.92 Å². The fourth-order valence-electron chi connectivity index (χ4n) is 2.77. The van der Waals surface area contributed by atoms with Gasteiger partial charge in [0.05, 0.1) is 0 Å². The normalized spacial score (nSPS) is 21.0. The Morgan fingerprint density at radius 2 is 1.82 bits per heavy atom. The van der Waals surface area contributed by atoms with E-state index in [1.807, 2.05) is 0 Å². The van der Waals surface area contributed by atoms with Gasteiger partial charge in [-0.25, -0.2) is 0 Å². The van der Waals surface area contributed by atoms with Crippen LogP contribution in [0, 0.1) is 5.92 Å². The second-order valence-electron chi connectivity index (χ2n) is 5.99. The number of likely N-dealkylation sites (tertiary alicyclic amines) is 1. The molecule has 1 fully saturated rings. The summed E-state index contributed by atoms with van der Waals surface area (Å²) in [5.74, 6) is 1.00. The molecule has 0 spiro atoms. The summed E-state index contributed by atoms with van der Waals surface area (Å²) < 4.78 is 0. The van der Waals surface area contributed by atoms with E-state index < -0.39 is 0 Å². The smallest absolute Gasteiger partial charge is 0.00674 e. The molecule has 1 N–H and O–H groups in total. The lowest BCUT2D eigenvalue weighted by Crippen LogP contribution is -2.40. The molecule has 0 bridgehead atoms. The highest BCUT2D eigenvalue weighted by Gasteiger charge is 2.21. The molecule has 1 rings (SSSR count). The van der Waals surface area contributed by atoms with Gasteiger partial charge in [-0.05, 0) is 58.2 Å². The monoisotopic (exact) mass is 240 g/mol. The number of hydrogen-bond donors (Lipinski definition) is 1. The minimum atomic E-state index is 0.630. The van der Waals surface area contributed by atoms with Gasteiger partial charge in [-0.3, -0.25) is 0 Å². The van der Waals surface area contributed by atoms with Gasteiger partial charge < -0.3 is 10.2 Å². The van der Waals surface area contributed by atoms with Crippen molar-refractivity contribution in [1.82, 2.24) is 10.2 Å². The molecule has 0 aliphatic carbocycles. The van der Waals surface area contributed by atoms with Crippen LogP contribution in [-0.2, 0) is 0 Å². The summed E-state index contributed by atoms with van der Waals surface area (Å²) in [4.78, 5) is 2.70. The average Bonchev–Trinajstić information content (AvgIpc) is 2.34. The Balaban J connectivity index is 2.09. The Morgan fingerprint density at radius 3 is 2.35 bits per heavy atom. The van der Waals surface area contributed by atoms with Gasteiger partial charge in [0.2, 0.25) is 0 Å². The van der Waals surface area contributed by atoms with E-state index in [0.717, 1.165) is 12.0 Å². The molecular weight excluding hydrogens is 208 g/mol. The lowest BCUT2D eigenvalue weighted by Gasteiger charge is -2.36. The van der Waals surface area contributed by atoms with Crippen molar-refractivity contribution in [3.05, 3.63) is 0 Å². The van der Waals surface area contributed by atoms with Crippen LogP contribution in [0.1, 0.15) is 59.8 Å². The topological polar surface area (TPSA) is 15.3 Å². The van der Waals surface area contributed by atoms with Crippen LogP contribution in [0.2, 0.25) is 0 Å². The van der Waals surface area contributed by atoms with Crippen molar-refractivity contribution in [3.8, 4) is 0 Å². The molecule has 102 valence electrons. The van der Waals surface area contributed by atoms with Crippen LogP contribution in [0.5, 0.6) is 0 Å². The average molecular weight is 240 g/mol. The van der Waals surface area contributed by atoms with Crippen molar-refractivity contribution >= 4 is 0 Å². The zero-order valence-electron chi connectivity index (χ0n) is 12.3. The first-order valence-electron chi connectivity index (χ1n) is 7.61. The minimum absolute atomic E-state index is 0.630. The fraction of sp³-hybridized carbons (Fsp3) is 1.00. The van der Waals surface area contributed by atoms with Crippen LogP contribution < -0.4 is 5.32 Å². The molecule has 2 heteroatoms. The van der Waals surface area contributed by atoms with Crippen LogP contribution in [-0.4, -0.2) is 36.6 Å². The molecule has 0 amide bonds. The van der Waals surface area contributed by atoms with Crippen LogP contribution in [0.15, 0.2) is 0 Å². The second-order valence-corrected chi connectivity index (χ2v) is 5.99. The van der Waals surface area contributed by atoms with E-state index in [4.69, 9.17) is 0 Å². The van der Waals surface area contributed by atoms with Gasteiger partial charge in [0, 0.05) is 12.1 Å². The third kappa shape index (κ3) is 5.87. The van der Waals surface area contributed by atoms with Crippen LogP contribution in [0.3, 0.4) is 0 Å². The SMILES string of the molecule is CCC1CCN(C(C)CCCNC(C)C)CC1. The highest BCUT2D eigenvalue weighted by Crippen LogP contribution is 2.22. The molecule has 1 unspecified atom stereocenters. The fourth-order valence-corrected chi connectivity index (χ4v) is 2.77. The van der Waals surface area contributed by atoms with Crippen molar-refractivity contribution in [2.75, 3.05) is 19.6 Å². The predicted octanol–water partition coefficient (Wildman–Crippen LogP) is 3.28. The molecule has 0 radical (unpaired) electrons. The number of nitrogens with zero attached hydrogens (tertiary/aromatic N) is 1. The summed E-state index contributed by atoms with van der Waals surface area (Å²) in [5, 5.41) is 3.50. The van der Waals surface area contributed by atoms with Gasteiger partial charge in [0.25, 0.3) is 0 Å². The molecule has 1 aliphatic heterocycles. The summed E-state index contributed by atoms with van der Waals surface area (Å²) in [5.41, 5.74) is 0. The maximum absolute atomic E-state index is 3.50. The number of piperidine rings is 1. The molecule has 17 heavy (non-hydrogen) atoms. The molecular formula is C15H32N2. The molecule has 1 saturated heterocycles. The largest absolute Gasteiger partial charge is 0.315 e. The molecule has 2 nitrogen and oxygen atoms in total. The van der Waals surface area contributed by atoms with E-state index in [1.54, 1.807) is 0 Å². The van der Waals surface area contributed by atoms with Gasteiger partial charge in [0.15, 0.2) is 0 Å². The standard InChI is InChI=1S/C15H32N2/c1-5-15-8-11-17(12-9-15)14(4)7-6-10-16-13(2)3/h13-16H,5-12H2,1-4H3. The lowest BCUT2D eigenvalue weighted by molar-refractivity contribution is 0.132. The maximum atomic E-state index is 3.50. The summed E-state index contributed by atoms with van der Waals surface area (Å²) in [6, 6.07) is 1.41. The molecule has 0 saturated carbocycles. The van der Waals surface area contributed by atoms with Crippen molar-refractivity contribution in [2.45, 2.75) is 71.9 Å². The molecule has 1 heterocycles. The van der Waals surface area contributed by atoms with E-state index in [2.05, 4.69) is 37.9 Å². The zero-order valence-corrected chi connectivity index (χ0v) is 12.3. The van der Waals surface area contributed by atoms with Crippen molar-refractivity contribution in [3.63, 3.8) is 0 Å². The summed E-state index contributed by atoms with van der Waals surface area (Å²) in [7, 11) is 0. The second kappa shape index (κ2) is 8.10. The van der Waals surface area contributed by atoms with E-state index in [0.29, 0.717) is 6.04 Å². The minimum Gasteiger partial charge on any atom is -0.315 e. The Morgan fingerprint density at radius 1 is 1.18 bits per heavy atom. The third-order valence-electron chi connectivity index (χ3n) is 4.20. The predicted molar refractivity (Wildman–Crippen MR) is 76.4 cm³/mol. The third-order valence-corrected chi connectivity index (χ3v) is 4.20. The highest BCUT2D eigenvalue weighted by atomic mass is 15.2. The lowest BCUT2D eigenvalue weighted by atomic mass is 9.93. The summed E-state index contributed by atoms with van der Waals surface area (Å²) in [6.07, 6.45) is 6.88. The Kier molecular flexibility index (Phi) is 7.14. The molecule has 0 aromatic rings. The summed E-state index contributed by atoms with van der Waals surface area (Å²) >= 11 is 0. The molecule has 0 aromatic heterocycles. The quantitative estimate of drug-likeness (QED) is 0.687. The first-order chi connectivity index (χ1) is 8.13. The zero-order chi connectivity index (χ0) is 12.7. The number of rotatable bonds is 7. The van der Waals surface area contributed by atoms with Gasteiger partial charge in [-0.2, -0.15) is 0 Å². The summed E-state index contributed by atoms with van der Waals surface area (Å²) in [6.45, 7) is 13.0. The Labute approximate surface area is 108 Å². The first-order valence-corrected chi connectivity index (χ1v) is 7.61. The van der Waals surface area contributed by atoms with E-state index in [9.17, 15) is 0 Å². The van der Waals surface area contributed by atoms with E-state index in [-0.39, 0.29) is 0 Å². The maximum Gasteiger partial charge on any atom is 0.00674 e. The van der Waals surface area contributed by atoms with Crippen LogP contribution >= 0.6 is 0 Å². The Hall–Kier alpha value is -0.0800. The van der Waals surface area contributed by atoms with Gasteiger partial charge >= 0.3 is 0 Å².